The smallest absolute Gasteiger partial charge is 0.242 e. The number of methoxy groups -OCH3 is 1. The lowest BCUT2D eigenvalue weighted by atomic mass is 9.71. The molecule has 0 fully saturated rings. The van der Waals surface area contributed by atoms with E-state index in [1.807, 2.05) is 37.3 Å². The van der Waals surface area contributed by atoms with Crippen molar-refractivity contribution in [1.29, 1.82) is 0 Å². The van der Waals surface area contributed by atoms with Gasteiger partial charge in [-0.15, -0.1) is 0 Å². The minimum Gasteiger partial charge on any atom is -0.497 e. The van der Waals surface area contributed by atoms with E-state index in [2.05, 4.69) is 10.3 Å². The molecular formula is C27H23FN2O4. The minimum absolute atomic E-state index is 0.0778. The van der Waals surface area contributed by atoms with Crippen LogP contribution in [0.4, 0.5) is 10.1 Å². The Kier molecular flexibility index (Phi) is 5.42. The number of carbonyl (C=O) groups excluding carboxylic acids is 2. The Morgan fingerprint density at radius 3 is 2.59 bits per heavy atom. The molecule has 34 heavy (non-hydrogen) atoms. The summed E-state index contributed by atoms with van der Waals surface area (Å²) in [5.74, 6) is -0.251. The molecule has 2 unspecified atom stereocenters. The average molecular weight is 458 g/mol. The molecule has 2 heterocycles. The number of rotatable bonds is 7. The quantitative estimate of drug-likeness (QED) is 0.395. The highest BCUT2D eigenvalue weighted by atomic mass is 19.1. The van der Waals surface area contributed by atoms with Gasteiger partial charge in [0.25, 0.3) is 0 Å². The first-order valence-electron chi connectivity index (χ1n) is 10.9. The van der Waals surface area contributed by atoms with Crippen LogP contribution >= 0.6 is 0 Å². The highest BCUT2D eigenvalue weighted by molar-refractivity contribution is 6.13. The first kappa shape index (κ1) is 21.9. The van der Waals surface area contributed by atoms with Crippen molar-refractivity contribution in [2.24, 2.45) is 0 Å². The van der Waals surface area contributed by atoms with Gasteiger partial charge in [-0.3, -0.25) is 4.79 Å². The van der Waals surface area contributed by atoms with Crippen LogP contribution in [0.3, 0.4) is 0 Å². The predicted molar refractivity (Wildman–Crippen MR) is 126 cm³/mol. The van der Waals surface area contributed by atoms with Crippen LogP contribution in [0, 0.1) is 12.7 Å². The number of carbonyl (C=O) groups is 2. The van der Waals surface area contributed by atoms with E-state index < -0.39 is 23.2 Å². The molecule has 1 aliphatic rings. The average Bonchev–Trinajstić information content (AvgIpc) is 3.38. The SMILES string of the molecule is COc1ccc(COC(C=O)C2(c3c[nH]c4ccc(C)cc34)C(=O)Nc3ccc(F)cc32)cc1. The molecule has 7 heteroatoms. The van der Waals surface area contributed by atoms with Gasteiger partial charge in [-0.2, -0.15) is 0 Å². The summed E-state index contributed by atoms with van der Waals surface area (Å²) >= 11 is 0. The molecule has 2 N–H and O–H groups in total. The molecule has 0 radical (unpaired) electrons. The summed E-state index contributed by atoms with van der Waals surface area (Å²) in [7, 11) is 1.58. The van der Waals surface area contributed by atoms with Crippen molar-refractivity contribution in [2.75, 3.05) is 12.4 Å². The van der Waals surface area contributed by atoms with Crippen molar-refractivity contribution >= 4 is 28.8 Å². The minimum atomic E-state index is -1.57. The number of nitrogens with one attached hydrogen (secondary N) is 2. The number of ether oxygens (including phenoxy) is 2. The van der Waals surface area contributed by atoms with Crippen LogP contribution in [0.25, 0.3) is 10.9 Å². The molecule has 6 nitrogen and oxygen atoms in total. The third-order valence-electron chi connectivity index (χ3n) is 6.41. The zero-order valence-electron chi connectivity index (χ0n) is 18.7. The molecule has 172 valence electrons. The Labute approximate surface area is 195 Å². The number of aromatic nitrogens is 1. The summed E-state index contributed by atoms with van der Waals surface area (Å²) in [4.78, 5) is 29.4. The van der Waals surface area contributed by atoms with Crippen molar-refractivity contribution < 1.29 is 23.5 Å². The maximum atomic E-state index is 14.5. The van der Waals surface area contributed by atoms with Gasteiger partial charge in [0.2, 0.25) is 5.91 Å². The standard InChI is InChI=1S/C27H23FN2O4/c1-16-3-9-23-20(11-16)22(13-29-23)27(21-12-18(28)6-10-24(21)30-26(27)32)25(14-31)34-15-17-4-7-19(33-2)8-5-17/h3-14,25,29H,15H2,1-2H3,(H,30,32). The lowest BCUT2D eigenvalue weighted by molar-refractivity contribution is -0.133. The summed E-state index contributed by atoms with van der Waals surface area (Å²) < 4.78 is 25.7. The molecule has 0 bridgehead atoms. The molecule has 1 amide bonds. The largest absolute Gasteiger partial charge is 0.497 e. The molecule has 3 aromatic carbocycles. The molecule has 2 atom stereocenters. The number of amides is 1. The lowest BCUT2D eigenvalue weighted by Crippen LogP contribution is -2.48. The number of aromatic amines is 1. The summed E-state index contributed by atoms with van der Waals surface area (Å²) in [5, 5.41) is 3.61. The summed E-state index contributed by atoms with van der Waals surface area (Å²) in [6, 6.07) is 17.1. The van der Waals surface area contributed by atoms with E-state index in [0.717, 1.165) is 22.0 Å². The van der Waals surface area contributed by atoms with Crippen LogP contribution in [-0.4, -0.2) is 30.4 Å². The van der Waals surface area contributed by atoms with Crippen molar-refractivity contribution in [2.45, 2.75) is 25.0 Å². The fourth-order valence-corrected chi connectivity index (χ4v) is 4.73. The Balaban J connectivity index is 1.66. The lowest BCUT2D eigenvalue weighted by Gasteiger charge is -2.33. The molecule has 0 aliphatic carbocycles. The molecule has 1 aliphatic heterocycles. The molecule has 1 aromatic heterocycles. The van der Waals surface area contributed by atoms with E-state index in [4.69, 9.17) is 9.47 Å². The molecule has 0 spiro atoms. The van der Waals surface area contributed by atoms with Crippen molar-refractivity contribution in [1.82, 2.24) is 4.98 Å². The van der Waals surface area contributed by atoms with Gasteiger partial charge in [0.15, 0.2) is 6.29 Å². The van der Waals surface area contributed by atoms with Gasteiger partial charge in [0.05, 0.1) is 13.7 Å². The first-order valence-corrected chi connectivity index (χ1v) is 10.9. The molecular weight excluding hydrogens is 435 g/mol. The monoisotopic (exact) mass is 458 g/mol. The zero-order chi connectivity index (χ0) is 23.9. The Hall–Kier alpha value is -3.97. The van der Waals surface area contributed by atoms with Crippen LogP contribution in [0.2, 0.25) is 0 Å². The number of halogens is 1. The second-order valence-corrected chi connectivity index (χ2v) is 8.42. The third-order valence-corrected chi connectivity index (χ3v) is 6.41. The topological polar surface area (TPSA) is 80.4 Å². The number of aryl methyl sites for hydroxylation is 1. The van der Waals surface area contributed by atoms with E-state index in [0.29, 0.717) is 28.8 Å². The number of benzene rings is 3. The number of hydrogen-bond acceptors (Lipinski definition) is 4. The Morgan fingerprint density at radius 2 is 1.85 bits per heavy atom. The van der Waals surface area contributed by atoms with E-state index in [9.17, 15) is 14.0 Å². The highest BCUT2D eigenvalue weighted by Gasteiger charge is 2.56. The van der Waals surface area contributed by atoms with E-state index in [-0.39, 0.29) is 6.61 Å². The van der Waals surface area contributed by atoms with Crippen LogP contribution in [0.1, 0.15) is 22.3 Å². The van der Waals surface area contributed by atoms with Crippen LogP contribution < -0.4 is 10.1 Å². The summed E-state index contributed by atoms with van der Waals surface area (Å²) in [6.45, 7) is 2.02. The highest BCUT2D eigenvalue weighted by Crippen LogP contribution is 2.48. The second kappa shape index (κ2) is 8.43. The van der Waals surface area contributed by atoms with Crippen LogP contribution in [0.15, 0.2) is 66.9 Å². The fourth-order valence-electron chi connectivity index (χ4n) is 4.73. The summed E-state index contributed by atoms with van der Waals surface area (Å²) in [5.41, 5.74) is 2.40. The third kappa shape index (κ3) is 3.36. The van der Waals surface area contributed by atoms with Gasteiger partial charge in [0.1, 0.15) is 23.1 Å². The molecule has 0 saturated carbocycles. The number of H-pyrrole nitrogens is 1. The van der Waals surface area contributed by atoms with Gasteiger partial charge < -0.3 is 24.6 Å². The van der Waals surface area contributed by atoms with Crippen LogP contribution in [0.5, 0.6) is 5.75 Å². The van der Waals surface area contributed by atoms with E-state index in [1.54, 1.807) is 25.4 Å². The summed E-state index contributed by atoms with van der Waals surface area (Å²) in [6.07, 6.45) is 1.12. The van der Waals surface area contributed by atoms with E-state index in [1.165, 1.54) is 18.2 Å². The van der Waals surface area contributed by atoms with Gasteiger partial charge in [0, 0.05) is 33.9 Å². The predicted octanol–water partition coefficient (Wildman–Crippen LogP) is 4.65. The zero-order valence-corrected chi connectivity index (χ0v) is 18.7. The maximum Gasteiger partial charge on any atom is 0.242 e. The first-order chi connectivity index (χ1) is 16.5. The van der Waals surface area contributed by atoms with Gasteiger partial charge in [-0.1, -0.05) is 23.8 Å². The number of fused-ring (bicyclic) bond motifs is 2. The number of aldehydes is 1. The number of anilines is 1. The van der Waals surface area contributed by atoms with E-state index >= 15 is 0 Å². The maximum absolute atomic E-state index is 14.5. The normalized spacial score (nSPS) is 17.9. The van der Waals surface area contributed by atoms with Crippen LogP contribution in [-0.2, 0) is 26.3 Å². The molecule has 5 rings (SSSR count). The Morgan fingerprint density at radius 1 is 1.06 bits per heavy atom. The van der Waals surface area contributed by atoms with Crippen molar-refractivity contribution in [3.63, 3.8) is 0 Å². The van der Waals surface area contributed by atoms with Gasteiger partial charge in [-0.25, -0.2) is 4.39 Å². The van der Waals surface area contributed by atoms with Gasteiger partial charge in [-0.05, 0) is 55.0 Å². The van der Waals surface area contributed by atoms with Crippen molar-refractivity contribution in [3.8, 4) is 5.75 Å². The van der Waals surface area contributed by atoms with Crippen molar-refractivity contribution in [3.05, 3.63) is 94.9 Å². The number of hydrogen-bond donors (Lipinski definition) is 2. The fraction of sp³-hybridized carbons (Fsp3) is 0.185. The second-order valence-electron chi connectivity index (χ2n) is 8.42. The molecule has 4 aromatic rings. The Bertz CT molecular complexity index is 1400. The molecule has 0 saturated heterocycles. The van der Waals surface area contributed by atoms with Gasteiger partial charge >= 0.3 is 0 Å².